The lowest BCUT2D eigenvalue weighted by molar-refractivity contribution is 0.0913. The summed E-state index contributed by atoms with van der Waals surface area (Å²) < 4.78 is 5.40. The average Bonchev–Trinajstić information content (AvgIpc) is 3.55. The fourth-order valence-corrected chi connectivity index (χ4v) is 4.93. The summed E-state index contributed by atoms with van der Waals surface area (Å²) in [6.07, 6.45) is 0. The topological polar surface area (TPSA) is 99.3 Å². The Bertz CT molecular complexity index is 1340. The fraction of sp³-hybridized carbons (Fsp3) is 0.269. The van der Waals surface area contributed by atoms with Crippen LogP contribution in [0.15, 0.2) is 60.0 Å². The van der Waals surface area contributed by atoms with Crippen LogP contribution in [-0.4, -0.2) is 48.3 Å². The maximum Gasteiger partial charge on any atom is 0.256 e. The number of aromatic amines is 1. The number of anilines is 2. The van der Waals surface area contributed by atoms with E-state index in [-0.39, 0.29) is 11.8 Å². The predicted octanol–water partition coefficient (Wildman–Crippen LogP) is 4.38. The Morgan fingerprint density at radius 1 is 1.03 bits per heavy atom. The van der Waals surface area contributed by atoms with Gasteiger partial charge in [0.2, 0.25) is 0 Å². The molecule has 4 aromatic rings. The highest BCUT2D eigenvalue weighted by atomic mass is 32.1. The Balaban J connectivity index is 1.31. The molecule has 0 spiro atoms. The van der Waals surface area contributed by atoms with Crippen LogP contribution in [0.1, 0.15) is 39.4 Å². The number of fused-ring (bicyclic) bond motifs is 1. The second-order valence-electron chi connectivity index (χ2n) is 8.99. The zero-order valence-corrected chi connectivity index (χ0v) is 20.4. The number of thiophene rings is 1. The van der Waals surface area contributed by atoms with Gasteiger partial charge in [-0.2, -0.15) is 5.10 Å². The molecule has 1 fully saturated rings. The summed E-state index contributed by atoms with van der Waals surface area (Å²) in [7, 11) is 0. The Kier molecular flexibility index (Phi) is 6.27. The highest BCUT2D eigenvalue weighted by molar-refractivity contribution is 7.10. The normalized spacial score (nSPS) is 14.2. The van der Waals surface area contributed by atoms with Crippen LogP contribution in [0.2, 0.25) is 0 Å². The van der Waals surface area contributed by atoms with Gasteiger partial charge in [0, 0.05) is 40.2 Å². The van der Waals surface area contributed by atoms with E-state index in [0.29, 0.717) is 35.5 Å². The molecule has 1 aliphatic heterocycles. The number of hydrogen-bond donors (Lipinski definition) is 3. The van der Waals surface area contributed by atoms with Gasteiger partial charge in [-0.1, -0.05) is 6.07 Å². The number of nitrogens with one attached hydrogen (secondary N) is 3. The third kappa shape index (κ3) is 4.91. The second-order valence-corrected chi connectivity index (χ2v) is 9.94. The predicted molar refractivity (Wildman–Crippen MR) is 138 cm³/mol. The highest BCUT2D eigenvalue weighted by Gasteiger charge is 2.25. The molecule has 0 aliphatic carbocycles. The highest BCUT2D eigenvalue weighted by Crippen LogP contribution is 2.27. The molecule has 2 amide bonds. The standard InChI is InChI=1S/C26H27N5O3S/c1-26(2,22-4-3-15-35-22)28-25(33)18-7-10-21-20(16-18)23(30-29-21)27-24(32)17-5-8-19(9-6-17)31-11-13-34-14-12-31/h3-10,15-16H,11-14H2,1-2H3,(H,28,33)(H2,27,29,30,32). The van der Waals surface area contributed by atoms with Gasteiger partial charge in [0.1, 0.15) is 0 Å². The van der Waals surface area contributed by atoms with Gasteiger partial charge in [0.05, 0.1) is 24.3 Å². The van der Waals surface area contributed by atoms with Crippen LogP contribution in [-0.2, 0) is 10.3 Å². The third-order valence-electron chi connectivity index (χ3n) is 6.13. The lowest BCUT2D eigenvalue weighted by Gasteiger charge is -2.28. The van der Waals surface area contributed by atoms with Gasteiger partial charge in [0.25, 0.3) is 11.8 Å². The molecule has 1 aliphatic rings. The molecule has 3 heterocycles. The number of carbonyl (C=O) groups is 2. The number of H-pyrrole nitrogens is 1. The average molecular weight is 490 g/mol. The fourth-order valence-electron chi connectivity index (χ4n) is 4.13. The molecular formula is C26H27N5O3S. The maximum absolute atomic E-state index is 13.0. The van der Waals surface area contributed by atoms with Gasteiger partial charge in [-0.25, -0.2) is 0 Å². The van der Waals surface area contributed by atoms with Crippen LogP contribution in [0.25, 0.3) is 10.9 Å². The first-order valence-electron chi connectivity index (χ1n) is 11.5. The van der Waals surface area contributed by atoms with Crippen molar-refractivity contribution in [2.75, 3.05) is 36.5 Å². The Hall–Kier alpha value is -3.69. The number of rotatable bonds is 6. The first-order valence-corrected chi connectivity index (χ1v) is 12.4. The Morgan fingerprint density at radius 3 is 2.49 bits per heavy atom. The molecule has 0 bridgehead atoms. The summed E-state index contributed by atoms with van der Waals surface area (Å²) in [6, 6.07) is 16.8. The summed E-state index contributed by atoms with van der Waals surface area (Å²) in [5.74, 6) is -0.0717. The minimum absolute atomic E-state index is 0.192. The molecule has 0 unspecified atom stereocenters. The van der Waals surface area contributed by atoms with Gasteiger partial charge in [-0.15, -0.1) is 11.3 Å². The van der Waals surface area contributed by atoms with E-state index in [0.717, 1.165) is 29.2 Å². The lowest BCUT2D eigenvalue weighted by atomic mass is 10.0. The van der Waals surface area contributed by atoms with Crippen molar-refractivity contribution in [1.82, 2.24) is 15.5 Å². The molecule has 5 rings (SSSR count). The van der Waals surface area contributed by atoms with Crippen molar-refractivity contribution >= 4 is 45.6 Å². The zero-order valence-electron chi connectivity index (χ0n) is 19.6. The van der Waals surface area contributed by atoms with E-state index >= 15 is 0 Å². The number of benzene rings is 2. The molecule has 9 heteroatoms. The van der Waals surface area contributed by atoms with E-state index in [9.17, 15) is 9.59 Å². The number of morpholine rings is 1. The monoisotopic (exact) mass is 489 g/mol. The third-order valence-corrected chi connectivity index (χ3v) is 7.32. The largest absolute Gasteiger partial charge is 0.378 e. The smallest absolute Gasteiger partial charge is 0.256 e. The van der Waals surface area contributed by atoms with Crippen LogP contribution >= 0.6 is 11.3 Å². The van der Waals surface area contributed by atoms with Gasteiger partial charge in [0.15, 0.2) is 5.82 Å². The Labute approximate surface area is 207 Å². The van der Waals surface area contributed by atoms with Crippen molar-refractivity contribution in [2.45, 2.75) is 19.4 Å². The van der Waals surface area contributed by atoms with E-state index in [1.807, 2.05) is 43.5 Å². The van der Waals surface area contributed by atoms with Crippen molar-refractivity contribution in [3.63, 3.8) is 0 Å². The van der Waals surface area contributed by atoms with Gasteiger partial charge < -0.3 is 20.3 Å². The first-order chi connectivity index (χ1) is 16.9. The molecule has 3 N–H and O–H groups in total. The van der Waals surface area contributed by atoms with Crippen LogP contribution in [0.5, 0.6) is 0 Å². The minimum atomic E-state index is -0.499. The molecule has 8 nitrogen and oxygen atoms in total. The Morgan fingerprint density at radius 2 is 1.77 bits per heavy atom. The molecule has 1 saturated heterocycles. The summed E-state index contributed by atoms with van der Waals surface area (Å²) >= 11 is 1.60. The molecule has 0 atom stereocenters. The van der Waals surface area contributed by atoms with Crippen LogP contribution < -0.4 is 15.5 Å². The zero-order chi connectivity index (χ0) is 24.4. The van der Waals surface area contributed by atoms with Crippen molar-refractivity contribution in [1.29, 1.82) is 0 Å². The minimum Gasteiger partial charge on any atom is -0.378 e. The number of hydrogen-bond acceptors (Lipinski definition) is 6. The molecular weight excluding hydrogens is 462 g/mol. The van der Waals surface area contributed by atoms with Gasteiger partial charge in [-0.3, -0.25) is 14.7 Å². The van der Waals surface area contributed by atoms with E-state index in [4.69, 9.17) is 4.74 Å². The quantitative estimate of drug-likeness (QED) is 0.373. The SMILES string of the molecule is CC(C)(NC(=O)c1ccc2[nH]nc(NC(=O)c3ccc(N4CCOCC4)cc3)c2c1)c1cccs1. The van der Waals surface area contributed by atoms with Crippen molar-refractivity contribution < 1.29 is 14.3 Å². The van der Waals surface area contributed by atoms with Crippen LogP contribution in [0, 0.1) is 0 Å². The molecule has 0 saturated carbocycles. The van der Waals surface area contributed by atoms with E-state index in [1.165, 1.54) is 0 Å². The molecule has 0 radical (unpaired) electrons. The van der Waals surface area contributed by atoms with Crippen molar-refractivity contribution in [3.8, 4) is 0 Å². The molecule has 35 heavy (non-hydrogen) atoms. The van der Waals surface area contributed by atoms with Crippen molar-refractivity contribution in [3.05, 3.63) is 76.0 Å². The number of aromatic nitrogens is 2. The molecule has 2 aromatic carbocycles. The van der Waals surface area contributed by atoms with Gasteiger partial charge >= 0.3 is 0 Å². The number of carbonyl (C=O) groups excluding carboxylic acids is 2. The van der Waals surface area contributed by atoms with Crippen molar-refractivity contribution in [2.24, 2.45) is 0 Å². The number of ether oxygens (including phenoxy) is 1. The summed E-state index contributed by atoms with van der Waals surface area (Å²) in [5, 5.41) is 15.8. The van der Waals surface area contributed by atoms with Crippen LogP contribution in [0.3, 0.4) is 0 Å². The first kappa shape index (κ1) is 23.1. The van der Waals surface area contributed by atoms with E-state index in [1.54, 1.807) is 41.7 Å². The summed E-state index contributed by atoms with van der Waals surface area (Å²) in [4.78, 5) is 29.2. The van der Waals surface area contributed by atoms with E-state index < -0.39 is 5.54 Å². The number of amides is 2. The van der Waals surface area contributed by atoms with E-state index in [2.05, 4.69) is 25.7 Å². The molecule has 2 aromatic heterocycles. The number of nitrogens with zero attached hydrogens (tertiary/aromatic N) is 2. The summed E-state index contributed by atoms with van der Waals surface area (Å²) in [6.45, 7) is 7.04. The molecule has 180 valence electrons. The maximum atomic E-state index is 13.0. The second kappa shape index (κ2) is 9.52. The van der Waals surface area contributed by atoms with Crippen LogP contribution in [0.4, 0.5) is 11.5 Å². The lowest BCUT2D eigenvalue weighted by Crippen LogP contribution is -2.40. The summed E-state index contributed by atoms with van der Waals surface area (Å²) in [5.41, 5.74) is 2.33. The van der Waals surface area contributed by atoms with Gasteiger partial charge in [-0.05, 0) is 67.8 Å².